The number of nitrogens with one attached hydrogen (secondary N) is 1. The summed E-state index contributed by atoms with van der Waals surface area (Å²) in [6.45, 7) is 7.10. The van der Waals surface area contributed by atoms with Gasteiger partial charge >= 0.3 is 0 Å². The lowest BCUT2D eigenvalue weighted by Crippen LogP contribution is -2.23. The largest absolute Gasteiger partial charge is 0.372 e. The van der Waals surface area contributed by atoms with Gasteiger partial charge < -0.3 is 10.1 Å². The minimum atomic E-state index is 0.151. The Morgan fingerprint density at radius 3 is 2.57 bits per heavy atom. The Balaban J connectivity index is 2.33. The van der Waals surface area contributed by atoms with Crippen LogP contribution in [0.25, 0.3) is 0 Å². The Hall–Kier alpha value is -0.380. The van der Waals surface area contributed by atoms with Crippen LogP contribution in [0.2, 0.25) is 0 Å². The first kappa shape index (κ1) is 18.7. The Bertz CT molecular complexity index is 370. The van der Waals surface area contributed by atoms with Crippen LogP contribution >= 0.6 is 15.9 Å². The van der Waals surface area contributed by atoms with Crippen LogP contribution in [0.5, 0.6) is 0 Å². The summed E-state index contributed by atoms with van der Waals surface area (Å²) in [7, 11) is 0. The first-order valence-corrected chi connectivity index (χ1v) is 9.15. The van der Waals surface area contributed by atoms with Crippen molar-refractivity contribution in [3.8, 4) is 0 Å². The lowest BCUT2D eigenvalue weighted by Gasteiger charge is -2.19. The minimum Gasteiger partial charge on any atom is -0.372 e. The van der Waals surface area contributed by atoms with Crippen LogP contribution in [0, 0.1) is 0 Å². The summed E-state index contributed by atoms with van der Waals surface area (Å²) in [4.78, 5) is 0. The zero-order valence-corrected chi connectivity index (χ0v) is 15.1. The molecule has 0 amide bonds. The monoisotopic (exact) mass is 355 g/mol. The van der Waals surface area contributed by atoms with E-state index in [1.54, 1.807) is 0 Å². The van der Waals surface area contributed by atoms with E-state index in [1.165, 1.54) is 44.1 Å². The minimum absolute atomic E-state index is 0.151. The summed E-state index contributed by atoms with van der Waals surface area (Å²) in [6.07, 6.45) is 7.98. The zero-order valence-electron chi connectivity index (χ0n) is 13.5. The average Bonchev–Trinajstić information content (AvgIpc) is 2.49. The molecule has 1 N–H and O–H groups in total. The Kier molecular flexibility index (Phi) is 10.8. The summed E-state index contributed by atoms with van der Waals surface area (Å²) in [5, 5.41) is 3.39. The molecular weight excluding hydrogens is 326 g/mol. The van der Waals surface area contributed by atoms with Crippen LogP contribution in [0.3, 0.4) is 0 Å². The summed E-state index contributed by atoms with van der Waals surface area (Å²) >= 11 is 3.54. The maximum atomic E-state index is 6.11. The topological polar surface area (TPSA) is 21.3 Å². The van der Waals surface area contributed by atoms with Crippen molar-refractivity contribution in [1.82, 2.24) is 5.32 Å². The number of ether oxygens (including phenoxy) is 1. The second-order valence-corrected chi connectivity index (χ2v) is 6.41. The highest BCUT2D eigenvalue weighted by atomic mass is 79.9. The fraction of sp³-hybridized carbons (Fsp3) is 0.667. The molecule has 120 valence electrons. The summed E-state index contributed by atoms with van der Waals surface area (Å²) in [5.74, 6) is 0. The van der Waals surface area contributed by atoms with Gasteiger partial charge in [-0.15, -0.1) is 0 Å². The third kappa shape index (κ3) is 8.60. The molecule has 1 unspecified atom stereocenters. The van der Waals surface area contributed by atoms with Crippen LogP contribution in [-0.2, 0) is 4.74 Å². The molecule has 0 spiro atoms. The second-order valence-electron chi connectivity index (χ2n) is 5.49. The van der Waals surface area contributed by atoms with Gasteiger partial charge in [0.1, 0.15) is 0 Å². The fourth-order valence-corrected chi connectivity index (χ4v) is 2.78. The van der Waals surface area contributed by atoms with E-state index in [2.05, 4.69) is 59.4 Å². The smallest absolute Gasteiger partial charge is 0.0949 e. The van der Waals surface area contributed by atoms with E-state index in [9.17, 15) is 0 Å². The van der Waals surface area contributed by atoms with Crippen LogP contribution in [0.15, 0.2) is 28.7 Å². The molecule has 0 aliphatic carbocycles. The number of likely N-dealkylation sites (N-methyl/N-ethyl adjacent to an activating group) is 1. The van der Waals surface area contributed by atoms with Gasteiger partial charge in [-0.25, -0.2) is 0 Å². The first-order valence-electron chi connectivity index (χ1n) is 8.35. The van der Waals surface area contributed by atoms with Crippen molar-refractivity contribution in [3.05, 3.63) is 34.3 Å². The molecule has 0 saturated heterocycles. The van der Waals surface area contributed by atoms with Crippen molar-refractivity contribution < 1.29 is 4.74 Å². The van der Waals surface area contributed by atoms with Gasteiger partial charge in [-0.2, -0.15) is 0 Å². The number of benzene rings is 1. The average molecular weight is 356 g/mol. The number of halogens is 1. The molecule has 0 saturated carbocycles. The SMILES string of the molecule is CCCCCCCCOC(CNCC)c1cccc(Br)c1. The Morgan fingerprint density at radius 1 is 1.10 bits per heavy atom. The molecule has 21 heavy (non-hydrogen) atoms. The van der Waals surface area contributed by atoms with E-state index in [-0.39, 0.29) is 6.10 Å². The lowest BCUT2D eigenvalue weighted by molar-refractivity contribution is 0.0501. The van der Waals surface area contributed by atoms with E-state index >= 15 is 0 Å². The van der Waals surface area contributed by atoms with Crippen molar-refractivity contribution in [1.29, 1.82) is 0 Å². The van der Waals surface area contributed by atoms with Crippen molar-refractivity contribution >= 4 is 15.9 Å². The van der Waals surface area contributed by atoms with E-state index < -0.39 is 0 Å². The first-order chi connectivity index (χ1) is 10.3. The van der Waals surface area contributed by atoms with Crippen LogP contribution < -0.4 is 5.32 Å². The fourth-order valence-electron chi connectivity index (χ4n) is 2.36. The van der Waals surface area contributed by atoms with Gasteiger partial charge in [-0.1, -0.05) is 74.0 Å². The van der Waals surface area contributed by atoms with Crippen molar-refractivity contribution in [2.45, 2.75) is 58.5 Å². The number of rotatable bonds is 12. The van der Waals surface area contributed by atoms with Crippen molar-refractivity contribution in [3.63, 3.8) is 0 Å². The molecule has 1 aromatic rings. The van der Waals surface area contributed by atoms with Gasteiger partial charge in [0.25, 0.3) is 0 Å². The molecular formula is C18H30BrNO. The highest BCUT2D eigenvalue weighted by Crippen LogP contribution is 2.21. The maximum absolute atomic E-state index is 6.11. The van der Waals surface area contributed by atoms with Crippen molar-refractivity contribution in [2.24, 2.45) is 0 Å². The third-order valence-electron chi connectivity index (χ3n) is 3.62. The molecule has 0 aliphatic heterocycles. The van der Waals surface area contributed by atoms with E-state index in [0.717, 1.165) is 24.2 Å². The maximum Gasteiger partial charge on any atom is 0.0949 e. The van der Waals surface area contributed by atoms with Gasteiger partial charge in [0.2, 0.25) is 0 Å². The molecule has 0 bridgehead atoms. The number of unbranched alkanes of at least 4 members (excludes halogenated alkanes) is 5. The van der Waals surface area contributed by atoms with Gasteiger partial charge in [0.05, 0.1) is 6.10 Å². The molecule has 0 aromatic heterocycles. The van der Waals surface area contributed by atoms with Crippen LogP contribution in [0.4, 0.5) is 0 Å². The predicted molar refractivity (Wildman–Crippen MR) is 94.8 cm³/mol. The molecule has 2 nitrogen and oxygen atoms in total. The van der Waals surface area contributed by atoms with Crippen LogP contribution in [0.1, 0.15) is 64.0 Å². The molecule has 1 aromatic carbocycles. The molecule has 1 atom stereocenters. The van der Waals surface area contributed by atoms with E-state index in [1.807, 2.05) is 0 Å². The lowest BCUT2D eigenvalue weighted by atomic mass is 10.1. The van der Waals surface area contributed by atoms with Crippen LogP contribution in [-0.4, -0.2) is 19.7 Å². The number of hydrogen-bond acceptors (Lipinski definition) is 2. The predicted octanol–water partition coefficient (Wildman–Crippen LogP) is 5.48. The quantitative estimate of drug-likeness (QED) is 0.501. The van der Waals surface area contributed by atoms with Crippen molar-refractivity contribution in [2.75, 3.05) is 19.7 Å². The van der Waals surface area contributed by atoms with Gasteiger partial charge in [-0.3, -0.25) is 0 Å². The third-order valence-corrected chi connectivity index (χ3v) is 4.11. The standard InChI is InChI=1S/C18H30BrNO/c1-3-5-6-7-8-9-13-21-18(15-20-4-2)16-11-10-12-17(19)14-16/h10-12,14,18,20H,3-9,13,15H2,1-2H3. The van der Waals surface area contributed by atoms with E-state index in [0.29, 0.717) is 0 Å². The summed E-state index contributed by atoms with van der Waals surface area (Å²) in [5.41, 5.74) is 1.25. The highest BCUT2D eigenvalue weighted by molar-refractivity contribution is 9.10. The molecule has 3 heteroatoms. The van der Waals surface area contributed by atoms with Gasteiger partial charge in [0.15, 0.2) is 0 Å². The van der Waals surface area contributed by atoms with E-state index in [4.69, 9.17) is 4.74 Å². The Morgan fingerprint density at radius 2 is 1.86 bits per heavy atom. The molecule has 1 rings (SSSR count). The highest BCUT2D eigenvalue weighted by Gasteiger charge is 2.11. The molecule has 0 radical (unpaired) electrons. The summed E-state index contributed by atoms with van der Waals surface area (Å²) < 4.78 is 7.22. The second kappa shape index (κ2) is 12.2. The Labute approximate surface area is 138 Å². The zero-order chi connectivity index (χ0) is 15.3. The summed E-state index contributed by atoms with van der Waals surface area (Å²) in [6, 6.07) is 8.44. The molecule has 0 heterocycles. The molecule has 0 aliphatic rings. The molecule has 0 fully saturated rings. The van der Waals surface area contributed by atoms with Gasteiger partial charge in [0, 0.05) is 17.6 Å². The van der Waals surface area contributed by atoms with Gasteiger partial charge in [-0.05, 0) is 30.7 Å². The number of hydrogen-bond donors (Lipinski definition) is 1. The normalized spacial score (nSPS) is 12.5.